The Labute approximate surface area is 142 Å². The number of nitrogens with zero attached hydrogens (tertiary/aromatic N) is 2. The number of carbonyl (C=O) groups is 1. The van der Waals surface area contributed by atoms with Crippen LogP contribution in [0.25, 0.3) is 0 Å². The van der Waals surface area contributed by atoms with Crippen LogP contribution in [0.5, 0.6) is 5.75 Å². The van der Waals surface area contributed by atoms with E-state index >= 15 is 0 Å². The van der Waals surface area contributed by atoms with Gasteiger partial charge in [-0.05, 0) is 37.1 Å². The van der Waals surface area contributed by atoms with Gasteiger partial charge < -0.3 is 10.1 Å². The minimum absolute atomic E-state index is 0.0109. The first-order chi connectivity index (χ1) is 11.8. The highest BCUT2D eigenvalue weighted by molar-refractivity contribution is 5.94. The molecule has 24 heavy (non-hydrogen) atoms. The number of likely N-dealkylation sites (tertiary alicyclic amines) is 1. The second-order valence-electron chi connectivity index (χ2n) is 5.99. The fourth-order valence-electron chi connectivity index (χ4n) is 2.88. The van der Waals surface area contributed by atoms with Crippen LogP contribution in [-0.2, 0) is 0 Å². The van der Waals surface area contributed by atoms with E-state index in [2.05, 4.69) is 15.2 Å². The number of benzene rings is 1. The predicted octanol–water partition coefficient (Wildman–Crippen LogP) is 2.35. The van der Waals surface area contributed by atoms with Crippen molar-refractivity contribution in [2.45, 2.75) is 18.9 Å². The van der Waals surface area contributed by atoms with Gasteiger partial charge in [-0.2, -0.15) is 0 Å². The minimum atomic E-state index is -0.0109. The summed E-state index contributed by atoms with van der Waals surface area (Å²) in [6.45, 7) is 3.58. The minimum Gasteiger partial charge on any atom is -0.492 e. The molecule has 1 saturated heterocycles. The second kappa shape index (κ2) is 8.45. The van der Waals surface area contributed by atoms with Crippen molar-refractivity contribution in [3.05, 3.63) is 60.4 Å². The lowest BCUT2D eigenvalue weighted by molar-refractivity contribution is 0.0905. The Morgan fingerprint density at radius 2 is 1.83 bits per heavy atom. The topological polar surface area (TPSA) is 54.5 Å². The predicted molar refractivity (Wildman–Crippen MR) is 93.1 cm³/mol. The summed E-state index contributed by atoms with van der Waals surface area (Å²) < 4.78 is 5.74. The lowest BCUT2D eigenvalue weighted by atomic mass is 10.0. The molecular formula is C19H23N3O2. The van der Waals surface area contributed by atoms with Crippen LogP contribution in [0.3, 0.4) is 0 Å². The van der Waals surface area contributed by atoms with Gasteiger partial charge in [-0.1, -0.05) is 18.2 Å². The van der Waals surface area contributed by atoms with Gasteiger partial charge in [-0.25, -0.2) is 0 Å². The van der Waals surface area contributed by atoms with Crippen LogP contribution >= 0.6 is 0 Å². The Bertz CT molecular complexity index is 626. The van der Waals surface area contributed by atoms with Crippen molar-refractivity contribution in [3.63, 3.8) is 0 Å². The third-order valence-corrected chi connectivity index (χ3v) is 4.28. The molecule has 0 atom stereocenters. The van der Waals surface area contributed by atoms with Gasteiger partial charge in [0.1, 0.15) is 12.4 Å². The van der Waals surface area contributed by atoms with Gasteiger partial charge in [0.2, 0.25) is 0 Å². The van der Waals surface area contributed by atoms with Crippen LogP contribution in [0.4, 0.5) is 0 Å². The van der Waals surface area contributed by atoms with Crippen molar-refractivity contribution in [2.75, 3.05) is 26.2 Å². The van der Waals surface area contributed by atoms with Gasteiger partial charge in [-0.3, -0.25) is 14.7 Å². The molecule has 1 aromatic carbocycles. The Morgan fingerprint density at radius 1 is 1.12 bits per heavy atom. The van der Waals surface area contributed by atoms with E-state index in [1.54, 1.807) is 24.5 Å². The summed E-state index contributed by atoms with van der Waals surface area (Å²) in [7, 11) is 0. The molecule has 1 amide bonds. The fourth-order valence-corrected chi connectivity index (χ4v) is 2.88. The van der Waals surface area contributed by atoms with Gasteiger partial charge in [0.15, 0.2) is 0 Å². The highest BCUT2D eigenvalue weighted by Crippen LogP contribution is 2.12. The number of piperidine rings is 1. The highest BCUT2D eigenvalue weighted by Gasteiger charge is 2.20. The molecule has 2 heterocycles. The molecule has 3 rings (SSSR count). The summed E-state index contributed by atoms with van der Waals surface area (Å²) in [5.41, 5.74) is 0.670. The number of aromatic nitrogens is 1. The number of amides is 1. The van der Waals surface area contributed by atoms with Crippen molar-refractivity contribution in [1.82, 2.24) is 15.2 Å². The number of para-hydroxylation sites is 1. The smallest absolute Gasteiger partial charge is 0.251 e. The van der Waals surface area contributed by atoms with Crippen LogP contribution in [0.2, 0.25) is 0 Å². The Hall–Kier alpha value is -2.40. The van der Waals surface area contributed by atoms with E-state index in [1.807, 2.05) is 30.3 Å². The van der Waals surface area contributed by atoms with Crippen LogP contribution < -0.4 is 10.1 Å². The molecular weight excluding hydrogens is 302 g/mol. The third-order valence-electron chi connectivity index (χ3n) is 4.28. The standard InChI is InChI=1S/C19H23N3O2/c23-19(16-6-10-20-11-7-16)21-17-8-12-22(13-9-17)14-15-24-18-4-2-1-3-5-18/h1-7,10-11,17H,8-9,12-15H2,(H,21,23). The number of hydrogen-bond donors (Lipinski definition) is 1. The largest absolute Gasteiger partial charge is 0.492 e. The number of carbonyl (C=O) groups excluding carboxylic acids is 1. The first-order valence-electron chi connectivity index (χ1n) is 8.42. The lowest BCUT2D eigenvalue weighted by Crippen LogP contribution is -2.45. The zero-order valence-electron chi connectivity index (χ0n) is 13.7. The highest BCUT2D eigenvalue weighted by atomic mass is 16.5. The normalized spacial score (nSPS) is 15.8. The van der Waals surface area contributed by atoms with Crippen molar-refractivity contribution < 1.29 is 9.53 Å². The molecule has 5 heteroatoms. The maximum absolute atomic E-state index is 12.2. The van der Waals surface area contributed by atoms with Crippen molar-refractivity contribution in [3.8, 4) is 5.75 Å². The summed E-state index contributed by atoms with van der Waals surface area (Å²) in [5, 5.41) is 3.11. The van der Waals surface area contributed by atoms with Crippen molar-refractivity contribution in [1.29, 1.82) is 0 Å². The van der Waals surface area contributed by atoms with Crippen LogP contribution in [0, 0.1) is 0 Å². The van der Waals surface area contributed by atoms with E-state index in [1.165, 1.54) is 0 Å². The third kappa shape index (κ3) is 4.80. The van der Waals surface area contributed by atoms with Gasteiger partial charge >= 0.3 is 0 Å². The van der Waals surface area contributed by atoms with E-state index < -0.39 is 0 Å². The van der Waals surface area contributed by atoms with E-state index in [0.29, 0.717) is 12.2 Å². The number of ether oxygens (including phenoxy) is 1. The molecule has 0 spiro atoms. The molecule has 1 aromatic heterocycles. The average molecular weight is 325 g/mol. The first-order valence-corrected chi connectivity index (χ1v) is 8.42. The van der Waals surface area contributed by atoms with E-state index in [9.17, 15) is 4.79 Å². The number of nitrogens with one attached hydrogen (secondary N) is 1. The fraction of sp³-hybridized carbons (Fsp3) is 0.368. The maximum atomic E-state index is 12.2. The molecule has 1 N–H and O–H groups in total. The second-order valence-corrected chi connectivity index (χ2v) is 5.99. The summed E-state index contributed by atoms with van der Waals surface area (Å²) >= 11 is 0. The summed E-state index contributed by atoms with van der Waals surface area (Å²) in [5.74, 6) is 0.903. The molecule has 0 bridgehead atoms. The van der Waals surface area contributed by atoms with E-state index in [0.717, 1.165) is 38.2 Å². The monoisotopic (exact) mass is 325 g/mol. The SMILES string of the molecule is O=C(NC1CCN(CCOc2ccccc2)CC1)c1ccncc1. The Balaban J connectivity index is 1.36. The van der Waals surface area contributed by atoms with E-state index in [-0.39, 0.29) is 11.9 Å². The van der Waals surface area contributed by atoms with Gasteiger partial charge in [0.05, 0.1) is 0 Å². The maximum Gasteiger partial charge on any atom is 0.251 e. The summed E-state index contributed by atoms with van der Waals surface area (Å²) in [6, 6.07) is 13.6. The number of hydrogen-bond acceptors (Lipinski definition) is 4. The zero-order chi connectivity index (χ0) is 16.6. The molecule has 0 aliphatic carbocycles. The van der Waals surface area contributed by atoms with Crippen molar-refractivity contribution in [2.24, 2.45) is 0 Å². The molecule has 126 valence electrons. The quantitative estimate of drug-likeness (QED) is 0.886. The average Bonchev–Trinajstić information content (AvgIpc) is 2.65. The first kappa shape index (κ1) is 16.5. The van der Waals surface area contributed by atoms with Gasteiger partial charge in [0.25, 0.3) is 5.91 Å². The molecule has 1 fully saturated rings. The molecule has 5 nitrogen and oxygen atoms in total. The van der Waals surface area contributed by atoms with Crippen LogP contribution in [-0.4, -0.2) is 48.1 Å². The lowest BCUT2D eigenvalue weighted by Gasteiger charge is -2.32. The molecule has 0 radical (unpaired) electrons. The summed E-state index contributed by atoms with van der Waals surface area (Å²) in [6.07, 6.45) is 5.23. The molecule has 2 aromatic rings. The van der Waals surface area contributed by atoms with Gasteiger partial charge in [-0.15, -0.1) is 0 Å². The van der Waals surface area contributed by atoms with Gasteiger partial charge in [0, 0.05) is 43.6 Å². The Kier molecular flexibility index (Phi) is 5.80. The zero-order valence-corrected chi connectivity index (χ0v) is 13.7. The Morgan fingerprint density at radius 3 is 2.54 bits per heavy atom. The molecule has 0 unspecified atom stereocenters. The number of pyridine rings is 1. The molecule has 1 aliphatic rings. The number of rotatable bonds is 6. The molecule has 0 saturated carbocycles. The van der Waals surface area contributed by atoms with Crippen molar-refractivity contribution >= 4 is 5.91 Å². The van der Waals surface area contributed by atoms with E-state index in [4.69, 9.17) is 4.74 Å². The van der Waals surface area contributed by atoms with Crippen LogP contribution in [0.15, 0.2) is 54.9 Å². The van der Waals surface area contributed by atoms with Crippen LogP contribution in [0.1, 0.15) is 23.2 Å². The molecule has 1 aliphatic heterocycles. The summed E-state index contributed by atoms with van der Waals surface area (Å²) in [4.78, 5) is 18.5.